The van der Waals surface area contributed by atoms with Crippen LogP contribution in [0, 0.1) is 0 Å². The lowest BCUT2D eigenvalue weighted by Crippen LogP contribution is -2.40. The van der Waals surface area contributed by atoms with Crippen molar-refractivity contribution in [3.8, 4) is 0 Å². The molecule has 1 unspecified atom stereocenters. The monoisotopic (exact) mass is 358 g/mol. The molecule has 4 N–H and O–H groups in total. The highest BCUT2D eigenvalue weighted by molar-refractivity contribution is 9.10. The van der Waals surface area contributed by atoms with Crippen molar-refractivity contribution >= 4 is 38.9 Å². The first-order chi connectivity index (χ1) is 10.7. The van der Waals surface area contributed by atoms with Crippen molar-refractivity contribution in [3.05, 3.63) is 58.6 Å². The van der Waals surface area contributed by atoms with Crippen LogP contribution in [0.4, 0.5) is 11.4 Å². The topological polar surface area (TPSA) is 79.5 Å². The van der Waals surface area contributed by atoms with Crippen LogP contribution in [-0.2, 0) is 4.79 Å². The van der Waals surface area contributed by atoms with Gasteiger partial charge in [-0.15, -0.1) is 0 Å². The number of hydrogen-bond acceptors (Lipinski definition) is 4. The number of benzene rings is 2. The van der Waals surface area contributed by atoms with Crippen molar-refractivity contribution in [2.75, 3.05) is 10.6 Å². The zero-order chi connectivity index (χ0) is 15.5. The standard InChI is InChI=1S/C16H15BrN4O/c17-11-7-5-10(6-8-11)14(21-18)9-15-16(22)20-13-4-2-1-3-12(13)19-15/h1-8,15,19H,9,18H2,(H,20,22)/b21-14-. The summed E-state index contributed by atoms with van der Waals surface area (Å²) in [4.78, 5) is 12.2. The Morgan fingerprint density at radius 3 is 2.50 bits per heavy atom. The number of halogens is 1. The molecule has 1 aliphatic rings. The van der Waals surface area contributed by atoms with Crippen LogP contribution in [-0.4, -0.2) is 17.7 Å². The summed E-state index contributed by atoms with van der Waals surface area (Å²) >= 11 is 3.39. The number of fused-ring (bicyclic) bond motifs is 1. The van der Waals surface area contributed by atoms with Crippen molar-refractivity contribution in [2.45, 2.75) is 12.5 Å². The summed E-state index contributed by atoms with van der Waals surface area (Å²) < 4.78 is 0.982. The Morgan fingerprint density at radius 1 is 1.14 bits per heavy atom. The summed E-state index contributed by atoms with van der Waals surface area (Å²) in [6, 6.07) is 14.9. The van der Waals surface area contributed by atoms with E-state index in [0.717, 1.165) is 21.4 Å². The molecule has 0 bridgehead atoms. The van der Waals surface area contributed by atoms with Crippen molar-refractivity contribution in [2.24, 2.45) is 10.9 Å². The van der Waals surface area contributed by atoms with Crippen LogP contribution < -0.4 is 16.5 Å². The maximum atomic E-state index is 12.2. The molecule has 2 aromatic rings. The van der Waals surface area contributed by atoms with Gasteiger partial charge in [0.25, 0.3) is 0 Å². The minimum atomic E-state index is -0.402. The summed E-state index contributed by atoms with van der Waals surface area (Å²) in [6.07, 6.45) is 0.415. The van der Waals surface area contributed by atoms with Crippen LogP contribution in [0.1, 0.15) is 12.0 Å². The van der Waals surface area contributed by atoms with Gasteiger partial charge in [0.2, 0.25) is 5.91 Å². The molecule has 22 heavy (non-hydrogen) atoms. The van der Waals surface area contributed by atoms with Gasteiger partial charge in [0.05, 0.1) is 17.1 Å². The quantitative estimate of drug-likeness (QED) is 0.448. The molecule has 1 amide bonds. The van der Waals surface area contributed by atoms with Crippen LogP contribution in [0.2, 0.25) is 0 Å². The van der Waals surface area contributed by atoms with E-state index in [2.05, 4.69) is 31.7 Å². The van der Waals surface area contributed by atoms with E-state index in [4.69, 9.17) is 5.84 Å². The molecule has 0 saturated heterocycles. The van der Waals surface area contributed by atoms with Crippen molar-refractivity contribution < 1.29 is 4.79 Å². The number of hydrogen-bond donors (Lipinski definition) is 3. The van der Waals surface area contributed by atoms with Gasteiger partial charge in [-0.1, -0.05) is 40.2 Å². The lowest BCUT2D eigenvalue weighted by atomic mass is 10.0. The van der Waals surface area contributed by atoms with Crippen LogP contribution in [0.25, 0.3) is 0 Å². The van der Waals surface area contributed by atoms with E-state index >= 15 is 0 Å². The number of anilines is 2. The van der Waals surface area contributed by atoms with E-state index in [1.807, 2.05) is 48.5 Å². The van der Waals surface area contributed by atoms with E-state index in [0.29, 0.717) is 12.1 Å². The number of para-hydroxylation sites is 2. The smallest absolute Gasteiger partial charge is 0.247 e. The maximum absolute atomic E-state index is 12.2. The number of nitrogens with two attached hydrogens (primary N) is 1. The molecule has 0 aromatic heterocycles. The largest absolute Gasteiger partial charge is 0.372 e. The zero-order valence-electron chi connectivity index (χ0n) is 11.7. The highest BCUT2D eigenvalue weighted by Gasteiger charge is 2.26. The molecule has 6 heteroatoms. The van der Waals surface area contributed by atoms with Crippen molar-refractivity contribution in [1.29, 1.82) is 0 Å². The molecular formula is C16H15BrN4O. The third-order valence-corrected chi connectivity index (χ3v) is 4.09. The van der Waals surface area contributed by atoms with Gasteiger partial charge in [0, 0.05) is 10.9 Å². The molecule has 1 aliphatic heterocycles. The minimum absolute atomic E-state index is 0.0861. The lowest BCUT2D eigenvalue weighted by molar-refractivity contribution is -0.116. The van der Waals surface area contributed by atoms with Gasteiger partial charge < -0.3 is 16.5 Å². The SMILES string of the molecule is N/N=C(/CC1Nc2ccccc2NC1=O)c1ccc(Br)cc1. The second kappa shape index (κ2) is 6.19. The first-order valence-electron chi connectivity index (χ1n) is 6.86. The first-order valence-corrected chi connectivity index (χ1v) is 7.66. The predicted octanol–water partition coefficient (Wildman–Crippen LogP) is 2.93. The number of hydrazone groups is 1. The molecule has 3 rings (SSSR count). The fourth-order valence-electron chi connectivity index (χ4n) is 2.42. The summed E-state index contributed by atoms with van der Waals surface area (Å²) in [5.74, 6) is 5.43. The normalized spacial score (nSPS) is 17.4. The average Bonchev–Trinajstić information content (AvgIpc) is 2.54. The van der Waals surface area contributed by atoms with Crippen LogP contribution in [0.15, 0.2) is 58.1 Å². The molecule has 1 heterocycles. The highest BCUT2D eigenvalue weighted by atomic mass is 79.9. The van der Waals surface area contributed by atoms with E-state index in [1.54, 1.807) is 0 Å². The van der Waals surface area contributed by atoms with E-state index < -0.39 is 6.04 Å². The number of rotatable bonds is 3. The number of carbonyl (C=O) groups excluding carboxylic acids is 1. The molecule has 1 atom stereocenters. The van der Waals surface area contributed by atoms with Crippen LogP contribution >= 0.6 is 15.9 Å². The Bertz CT molecular complexity index is 727. The maximum Gasteiger partial charge on any atom is 0.247 e. The van der Waals surface area contributed by atoms with Gasteiger partial charge in [-0.25, -0.2) is 0 Å². The van der Waals surface area contributed by atoms with Gasteiger partial charge in [0.15, 0.2) is 0 Å². The Labute approximate surface area is 136 Å². The van der Waals surface area contributed by atoms with Gasteiger partial charge in [-0.3, -0.25) is 4.79 Å². The molecule has 0 saturated carbocycles. The summed E-state index contributed by atoms with van der Waals surface area (Å²) in [6.45, 7) is 0. The molecule has 112 valence electrons. The summed E-state index contributed by atoms with van der Waals surface area (Å²) in [5.41, 5.74) is 3.27. The Balaban J connectivity index is 1.80. The van der Waals surface area contributed by atoms with Gasteiger partial charge in [0.1, 0.15) is 6.04 Å². The minimum Gasteiger partial charge on any atom is -0.372 e. The molecule has 5 nitrogen and oxygen atoms in total. The predicted molar refractivity (Wildman–Crippen MR) is 92.0 cm³/mol. The Morgan fingerprint density at radius 2 is 1.82 bits per heavy atom. The summed E-state index contributed by atoms with van der Waals surface area (Å²) in [7, 11) is 0. The number of carbonyl (C=O) groups is 1. The molecule has 0 aliphatic carbocycles. The number of nitrogens with zero attached hydrogens (tertiary/aromatic N) is 1. The molecule has 2 aromatic carbocycles. The van der Waals surface area contributed by atoms with E-state index in [-0.39, 0.29) is 5.91 Å². The van der Waals surface area contributed by atoms with Gasteiger partial charge >= 0.3 is 0 Å². The fourth-order valence-corrected chi connectivity index (χ4v) is 2.68. The van der Waals surface area contributed by atoms with E-state index in [1.165, 1.54) is 0 Å². The molecule has 0 radical (unpaired) electrons. The summed E-state index contributed by atoms with van der Waals surface area (Å²) in [5, 5.41) is 9.98. The Kier molecular flexibility index (Phi) is 4.11. The van der Waals surface area contributed by atoms with Gasteiger partial charge in [-0.05, 0) is 29.8 Å². The average molecular weight is 359 g/mol. The third-order valence-electron chi connectivity index (χ3n) is 3.56. The van der Waals surface area contributed by atoms with Crippen molar-refractivity contribution in [1.82, 2.24) is 0 Å². The zero-order valence-corrected chi connectivity index (χ0v) is 13.3. The molecular weight excluding hydrogens is 344 g/mol. The van der Waals surface area contributed by atoms with Crippen LogP contribution in [0.3, 0.4) is 0 Å². The number of nitrogens with one attached hydrogen (secondary N) is 2. The van der Waals surface area contributed by atoms with Crippen LogP contribution in [0.5, 0.6) is 0 Å². The molecule has 0 spiro atoms. The van der Waals surface area contributed by atoms with Crippen molar-refractivity contribution in [3.63, 3.8) is 0 Å². The second-order valence-corrected chi connectivity index (χ2v) is 5.93. The highest BCUT2D eigenvalue weighted by Crippen LogP contribution is 2.27. The first kappa shape index (κ1) is 14.6. The Hall–Kier alpha value is -2.34. The fraction of sp³-hybridized carbons (Fsp3) is 0.125. The lowest BCUT2D eigenvalue weighted by Gasteiger charge is -2.27. The third kappa shape index (κ3) is 2.96. The number of amides is 1. The van der Waals surface area contributed by atoms with Gasteiger partial charge in [-0.2, -0.15) is 5.10 Å². The second-order valence-electron chi connectivity index (χ2n) is 5.02. The van der Waals surface area contributed by atoms with E-state index in [9.17, 15) is 4.79 Å². The molecule has 0 fully saturated rings.